The number of aliphatic carboxylic acids is 1. The van der Waals surface area contributed by atoms with Crippen molar-refractivity contribution in [3.63, 3.8) is 0 Å². The molecular formula is C10H11N3O5. The van der Waals surface area contributed by atoms with Crippen LogP contribution in [0.3, 0.4) is 0 Å². The Hall–Kier alpha value is -2.64. The van der Waals surface area contributed by atoms with Gasteiger partial charge in [0.1, 0.15) is 6.04 Å². The van der Waals surface area contributed by atoms with Gasteiger partial charge in [-0.15, -0.1) is 0 Å². The number of nitrogens with one attached hydrogen (secondary N) is 2. The molecule has 8 nitrogen and oxygen atoms in total. The van der Waals surface area contributed by atoms with Gasteiger partial charge < -0.3 is 21.1 Å². The molecule has 1 aromatic rings. The number of carboxylic acids is 1. The highest BCUT2D eigenvalue weighted by Gasteiger charge is 2.22. The number of primary amides is 1. The van der Waals surface area contributed by atoms with Crippen LogP contribution in [0, 0.1) is 0 Å². The predicted molar refractivity (Wildman–Crippen MR) is 59.8 cm³/mol. The number of H-pyrrole nitrogens is 1. The maximum atomic E-state index is 11.6. The average Bonchev–Trinajstić information content (AvgIpc) is 2.27. The lowest BCUT2D eigenvalue weighted by molar-refractivity contribution is -0.140. The third-order valence-electron chi connectivity index (χ3n) is 2.05. The van der Waals surface area contributed by atoms with Gasteiger partial charge in [-0.25, -0.2) is 4.79 Å². The summed E-state index contributed by atoms with van der Waals surface area (Å²) >= 11 is 0. The van der Waals surface area contributed by atoms with Crippen LogP contribution in [-0.2, 0) is 9.59 Å². The summed E-state index contributed by atoms with van der Waals surface area (Å²) in [5.41, 5.74) is 4.36. The van der Waals surface area contributed by atoms with E-state index < -0.39 is 35.8 Å². The van der Waals surface area contributed by atoms with Crippen molar-refractivity contribution in [1.29, 1.82) is 0 Å². The van der Waals surface area contributed by atoms with Crippen LogP contribution >= 0.6 is 0 Å². The molecule has 0 spiro atoms. The molecule has 0 aromatic carbocycles. The molecule has 0 aliphatic heterocycles. The number of aromatic nitrogens is 1. The molecule has 1 atom stereocenters. The van der Waals surface area contributed by atoms with Gasteiger partial charge in [0, 0.05) is 17.8 Å². The number of hydrogen-bond acceptors (Lipinski definition) is 4. The Kier molecular flexibility index (Phi) is 4.19. The van der Waals surface area contributed by atoms with E-state index in [1.165, 1.54) is 12.3 Å². The molecule has 0 fully saturated rings. The van der Waals surface area contributed by atoms with Crippen molar-refractivity contribution in [3.05, 3.63) is 34.2 Å². The van der Waals surface area contributed by atoms with Crippen LogP contribution in [0.15, 0.2) is 23.1 Å². The Morgan fingerprint density at radius 3 is 2.61 bits per heavy atom. The van der Waals surface area contributed by atoms with Crippen LogP contribution < -0.4 is 16.6 Å². The molecule has 0 saturated carbocycles. The lowest BCUT2D eigenvalue weighted by atomic mass is 10.1. The molecule has 96 valence electrons. The van der Waals surface area contributed by atoms with Gasteiger partial charge in [-0.1, -0.05) is 0 Å². The summed E-state index contributed by atoms with van der Waals surface area (Å²) in [6, 6.07) is 0.896. The van der Waals surface area contributed by atoms with E-state index in [0.717, 1.165) is 6.07 Å². The smallest absolute Gasteiger partial charge is 0.326 e. The number of carboxylic acid groups (broad SMARTS) is 1. The summed E-state index contributed by atoms with van der Waals surface area (Å²) in [5, 5.41) is 10.9. The summed E-state index contributed by atoms with van der Waals surface area (Å²) in [7, 11) is 0. The van der Waals surface area contributed by atoms with Gasteiger partial charge in [0.05, 0.1) is 6.42 Å². The molecule has 0 saturated heterocycles. The first-order valence-corrected chi connectivity index (χ1v) is 4.91. The van der Waals surface area contributed by atoms with E-state index in [1.807, 2.05) is 0 Å². The Morgan fingerprint density at radius 2 is 2.11 bits per heavy atom. The van der Waals surface area contributed by atoms with Crippen LogP contribution in [0.25, 0.3) is 0 Å². The zero-order valence-electron chi connectivity index (χ0n) is 9.17. The lowest BCUT2D eigenvalue weighted by Crippen LogP contribution is -2.43. The molecule has 8 heteroatoms. The second-order valence-electron chi connectivity index (χ2n) is 3.48. The first-order valence-electron chi connectivity index (χ1n) is 4.91. The molecule has 0 unspecified atom stereocenters. The molecule has 1 rings (SSSR count). The SMILES string of the molecule is NC(=O)C[C@H](NC(=O)c1cc[nH]c(=O)c1)C(=O)O. The van der Waals surface area contributed by atoms with Gasteiger partial charge in [-0.3, -0.25) is 14.4 Å². The second kappa shape index (κ2) is 5.62. The van der Waals surface area contributed by atoms with Gasteiger partial charge >= 0.3 is 5.97 Å². The van der Waals surface area contributed by atoms with E-state index in [9.17, 15) is 19.2 Å². The van der Waals surface area contributed by atoms with E-state index in [1.54, 1.807) is 0 Å². The van der Waals surface area contributed by atoms with Crippen LogP contribution in [0.2, 0.25) is 0 Å². The molecule has 5 N–H and O–H groups in total. The maximum Gasteiger partial charge on any atom is 0.326 e. The minimum absolute atomic E-state index is 0.00512. The van der Waals surface area contributed by atoms with Gasteiger partial charge in [0.25, 0.3) is 5.91 Å². The fourth-order valence-electron chi connectivity index (χ4n) is 1.23. The van der Waals surface area contributed by atoms with Crippen molar-refractivity contribution in [1.82, 2.24) is 10.3 Å². The fourth-order valence-corrected chi connectivity index (χ4v) is 1.23. The van der Waals surface area contributed by atoms with E-state index >= 15 is 0 Å². The number of nitrogens with two attached hydrogens (primary N) is 1. The molecule has 0 aliphatic rings. The molecule has 18 heavy (non-hydrogen) atoms. The molecule has 2 amide bonds. The topological polar surface area (TPSA) is 142 Å². The van der Waals surface area contributed by atoms with Gasteiger partial charge in [-0.2, -0.15) is 0 Å². The van der Waals surface area contributed by atoms with E-state index in [4.69, 9.17) is 10.8 Å². The number of carbonyl (C=O) groups is 3. The number of hydrogen-bond donors (Lipinski definition) is 4. The Labute approximate surface area is 101 Å². The lowest BCUT2D eigenvalue weighted by Gasteiger charge is -2.12. The highest BCUT2D eigenvalue weighted by Crippen LogP contribution is 1.97. The molecule has 1 aromatic heterocycles. The first kappa shape index (κ1) is 13.4. The standard InChI is InChI=1S/C10H11N3O5/c11-7(14)4-6(10(17)18)13-9(16)5-1-2-12-8(15)3-5/h1-3,6H,4H2,(H2,11,14)(H,12,15)(H,13,16)(H,17,18)/t6-/m0/s1. The Balaban J connectivity index is 2.81. The molecule has 0 aliphatic carbocycles. The normalized spacial score (nSPS) is 11.6. The summed E-state index contributed by atoms with van der Waals surface area (Å²) in [6.45, 7) is 0. The van der Waals surface area contributed by atoms with Crippen molar-refractivity contribution in [2.45, 2.75) is 12.5 Å². The molecule has 0 bridgehead atoms. The monoisotopic (exact) mass is 253 g/mol. The largest absolute Gasteiger partial charge is 0.480 e. The number of rotatable bonds is 5. The zero-order chi connectivity index (χ0) is 13.7. The van der Waals surface area contributed by atoms with Crippen molar-refractivity contribution in [3.8, 4) is 0 Å². The average molecular weight is 253 g/mol. The van der Waals surface area contributed by atoms with Crippen molar-refractivity contribution >= 4 is 17.8 Å². The summed E-state index contributed by atoms with van der Waals surface area (Å²) < 4.78 is 0. The highest BCUT2D eigenvalue weighted by atomic mass is 16.4. The summed E-state index contributed by atoms with van der Waals surface area (Å²) in [6.07, 6.45) is 0.728. The van der Waals surface area contributed by atoms with Crippen LogP contribution in [0.5, 0.6) is 0 Å². The predicted octanol–water partition coefficient (Wildman–Crippen LogP) is -1.57. The van der Waals surface area contributed by atoms with E-state index in [0.29, 0.717) is 0 Å². The first-order chi connectivity index (χ1) is 8.40. The van der Waals surface area contributed by atoms with Gasteiger partial charge in [0.2, 0.25) is 11.5 Å². The number of carbonyl (C=O) groups excluding carboxylic acids is 2. The highest BCUT2D eigenvalue weighted by molar-refractivity contribution is 5.97. The van der Waals surface area contributed by atoms with Crippen molar-refractivity contribution < 1.29 is 19.5 Å². The molecular weight excluding hydrogens is 242 g/mol. The number of pyridine rings is 1. The minimum atomic E-state index is -1.42. The zero-order valence-corrected chi connectivity index (χ0v) is 9.17. The summed E-state index contributed by atoms with van der Waals surface area (Å²) in [5.74, 6) is -3.00. The van der Waals surface area contributed by atoms with Gasteiger partial charge in [0.15, 0.2) is 0 Å². The minimum Gasteiger partial charge on any atom is -0.480 e. The van der Waals surface area contributed by atoms with Crippen LogP contribution in [-0.4, -0.2) is 33.9 Å². The Morgan fingerprint density at radius 1 is 1.44 bits per heavy atom. The van der Waals surface area contributed by atoms with Crippen molar-refractivity contribution in [2.75, 3.05) is 0 Å². The van der Waals surface area contributed by atoms with E-state index in [-0.39, 0.29) is 5.56 Å². The Bertz CT molecular complexity index is 536. The van der Waals surface area contributed by atoms with Crippen molar-refractivity contribution in [2.24, 2.45) is 5.73 Å². The van der Waals surface area contributed by atoms with Crippen LogP contribution in [0.4, 0.5) is 0 Å². The number of aromatic amines is 1. The number of amides is 2. The summed E-state index contributed by atoms with van der Waals surface area (Å²) in [4.78, 5) is 46.3. The van der Waals surface area contributed by atoms with E-state index in [2.05, 4.69) is 10.3 Å². The van der Waals surface area contributed by atoms with Crippen LogP contribution in [0.1, 0.15) is 16.8 Å². The third kappa shape index (κ3) is 3.74. The maximum absolute atomic E-state index is 11.6. The second-order valence-corrected chi connectivity index (χ2v) is 3.48. The fraction of sp³-hybridized carbons (Fsp3) is 0.200. The molecule has 0 radical (unpaired) electrons. The quantitative estimate of drug-likeness (QED) is 0.501. The molecule has 1 heterocycles. The third-order valence-corrected chi connectivity index (χ3v) is 2.05. The van der Waals surface area contributed by atoms with Gasteiger partial charge in [-0.05, 0) is 6.07 Å².